The van der Waals surface area contributed by atoms with Crippen molar-refractivity contribution in [3.63, 3.8) is 0 Å². The number of likely N-dealkylation sites (tertiary alicyclic amines) is 3. The molecule has 3 fully saturated rings. The highest BCUT2D eigenvalue weighted by Crippen LogP contribution is 2.44. The van der Waals surface area contributed by atoms with Crippen LogP contribution in [0, 0.1) is 5.41 Å². The fourth-order valence-electron chi connectivity index (χ4n) is 6.27. The molecule has 2 aromatic rings. The van der Waals surface area contributed by atoms with E-state index in [1.807, 2.05) is 0 Å². The van der Waals surface area contributed by atoms with Crippen LogP contribution >= 0.6 is 46.4 Å². The maximum absolute atomic E-state index is 14.2. The van der Waals surface area contributed by atoms with Gasteiger partial charge in [-0.2, -0.15) is 13.2 Å². The van der Waals surface area contributed by atoms with E-state index in [-0.39, 0.29) is 51.6 Å². The number of rotatable bonds is 6. The monoisotopic (exact) mass is 694 g/mol. The summed E-state index contributed by atoms with van der Waals surface area (Å²) in [5.41, 5.74) is -3.57. The Morgan fingerprint density at radius 2 is 1.55 bits per heavy atom. The van der Waals surface area contributed by atoms with E-state index in [9.17, 15) is 27.9 Å². The number of carbonyl (C=O) groups is 2. The van der Waals surface area contributed by atoms with E-state index in [2.05, 4.69) is 24.1 Å². The summed E-state index contributed by atoms with van der Waals surface area (Å²) in [6, 6.07) is 6.80. The summed E-state index contributed by atoms with van der Waals surface area (Å²) in [7, 11) is 0. The summed E-state index contributed by atoms with van der Waals surface area (Å²) in [6.45, 7) is 6.96. The Kier molecular flexibility index (Phi) is 9.37. The van der Waals surface area contributed by atoms with Gasteiger partial charge in [0.25, 0.3) is 17.4 Å². The van der Waals surface area contributed by atoms with Gasteiger partial charge in [-0.15, -0.1) is 0 Å². The minimum absolute atomic E-state index is 0.0452. The van der Waals surface area contributed by atoms with Crippen LogP contribution < -0.4 is 5.32 Å². The molecule has 0 aliphatic carbocycles. The highest BCUT2D eigenvalue weighted by Gasteiger charge is 2.63. The standard InChI is InChI=1S/C30H33Cl4F3N4O3/c1-28(2)7-10-40(16-28)26(42)25-23(33)12-18(13-24(25)34)38-19-14-41(15-19)20-5-8-39(9-6-20)27(43)29(44,30(35,36)37)21-11-17(31)3-4-22(21)32/h3-4,11-13,19-20,38,44H,5-10,14-16H2,1-2H3/t29-/m1/s1. The lowest BCUT2D eigenvalue weighted by atomic mass is 9.89. The summed E-state index contributed by atoms with van der Waals surface area (Å²) in [6.07, 6.45) is -3.52. The van der Waals surface area contributed by atoms with Crippen LogP contribution in [0.3, 0.4) is 0 Å². The van der Waals surface area contributed by atoms with Crippen molar-refractivity contribution in [3.05, 3.63) is 61.5 Å². The fourth-order valence-corrected chi connectivity index (χ4v) is 7.34. The second-order valence-electron chi connectivity index (χ2n) is 12.6. The average molecular weight is 696 g/mol. The number of carbonyl (C=O) groups excluding carboxylic acids is 2. The van der Waals surface area contributed by atoms with Crippen molar-refractivity contribution in [3.8, 4) is 0 Å². The van der Waals surface area contributed by atoms with Crippen LogP contribution in [0.1, 0.15) is 49.0 Å². The van der Waals surface area contributed by atoms with Gasteiger partial charge in [0.15, 0.2) is 0 Å². The van der Waals surface area contributed by atoms with Gasteiger partial charge in [0.2, 0.25) is 0 Å². The second-order valence-corrected chi connectivity index (χ2v) is 14.3. The lowest BCUT2D eigenvalue weighted by molar-refractivity contribution is -0.262. The van der Waals surface area contributed by atoms with Crippen molar-refractivity contribution < 1.29 is 27.9 Å². The Hall–Kier alpha value is -1.95. The van der Waals surface area contributed by atoms with Gasteiger partial charge in [0, 0.05) is 66.6 Å². The minimum Gasteiger partial charge on any atom is -0.380 e. The van der Waals surface area contributed by atoms with Crippen molar-refractivity contribution in [1.29, 1.82) is 0 Å². The van der Waals surface area contributed by atoms with Gasteiger partial charge >= 0.3 is 6.18 Å². The van der Waals surface area contributed by atoms with Crippen molar-refractivity contribution in [1.82, 2.24) is 14.7 Å². The van der Waals surface area contributed by atoms with E-state index in [1.54, 1.807) is 17.0 Å². The Labute approximate surface area is 274 Å². The third-order valence-corrected chi connectivity index (χ3v) is 9.97. The number of aliphatic hydroxyl groups is 1. The van der Waals surface area contributed by atoms with Crippen LogP contribution in [0.15, 0.2) is 30.3 Å². The molecule has 3 heterocycles. The number of nitrogens with one attached hydrogen (secondary N) is 1. The summed E-state index contributed by atoms with van der Waals surface area (Å²) in [4.78, 5) is 31.3. The zero-order valence-corrected chi connectivity index (χ0v) is 27.2. The molecule has 0 saturated carbocycles. The fraction of sp³-hybridized carbons (Fsp3) is 0.533. The van der Waals surface area contributed by atoms with Crippen molar-refractivity contribution >= 4 is 63.9 Å². The van der Waals surface area contributed by atoms with Crippen LogP contribution in [0.25, 0.3) is 0 Å². The third-order valence-electron chi connectivity index (χ3n) is 8.81. The van der Waals surface area contributed by atoms with Crippen LogP contribution in [-0.4, -0.2) is 89.1 Å². The van der Waals surface area contributed by atoms with Gasteiger partial charge in [-0.3, -0.25) is 14.5 Å². The first kappa shape index (κ1) is 33.4. The summed E-state index contributed by atoms with van der Waals surface area (Å²) < 4.78 is 42.5. The van der Waals surface area contributed by atoms with Gasteiger partial charge in [-0.05, 0) is 55.0 Å². The predicted molar refractivity (Wildman–Crippen MR) is 166 cm³/mol. The van der Waals surface area contributed by atoms with E-state index in [1.165, 1.54) is 6.07 Å². The maximum Gasteiger partial charge on any atom is 0.430 e. The van der Waals surface area contributed by atoms with E-state index in [0.717, 1.165) is 23.5 Å². The maximum atomic E-state index is 14.2. The van der Waals surface area contributed by atoms with Crippen LogP contribution in [0.5, 0.6) is 0 Å². The van der Waals surface area contributed by atoms with E-state index in [4.69, 9.17) is 46.4 Å². The third kappa shape index (κ3) is 6.48. The highest BCUT2D eigenvalue weighted by atomic mass is 35.5. The van der Waals surface area contributed by atoms with Crippen molar-refractivity contribution in [2.24, 2.45) is 5.41 Å². The molecule has 0 bridgehead atoms. The molecule has 3 saturated heterocycles. The van der Waals surface area contributed by atoms with Crippen molar-refractivity contribution in [2.75, 3.05) is 44.6 Å². The lowest BCUT2D eigenvalue weighted by Crippen LogP contribution is -2.62. The molecule has 1 atom stereocenters. The summed E-state index contributed by atoms with van der Waals surface area (Å²) in [5.74, 6) is -1.65. The molecule has 0 unspecified atom stereocenters. The van der Waals surface area contributed by atoms with Crippen LogP contribution in [-0.2, 0) is 10.4 Å². The van der Waals surface area contributed by atoms with E-state index in [0.29, 0.717) is 50.3 Å². The first-order valence-corrected chi connectivity index (χ1v) is 15.8. The number of alkyl halides is 3. The quantitative estimate of drug-likeness (QED) is 0.352. The highest BCUT2D eigenvalue weighted by molar-refractivity contribution is 6.40. The molecule has 0 radical (unpaired) electrons. The van der Waals surface area contributed by atoms with E-state index >= 15 is 0 Å². The summed E-state index contributed by atoms with van der Waals surface area (Å²) >= 11 is 24.9. The molecular formula is C30H33Cl4F3N4O3. The van der Waals surface area contributed by atoms with Crippen LogP contribution in [0.4, 0.5) is 18.9 Å². The van der Waals surface area contributed by atoms with Gasteiger partial charge in [0.1, 0.15) is 0 Å². The number of amides is 2. The molecule has 2 amide bonds. The molecule has 7 nitrogen and oxygen atoms in total. The van der Waals surface area contributed by atoms with Crippen LogP contribution in [0.2, 0.25) is 20.1 Å². The lowest BCUT2D eigenvalue weighted by Gasteiger charge is -2.48. The summed E-state index contributed by atoms with van der Waals surface area (Å²) in [5, 5.41) is 14.3. The second kappa shape index (κ2) is 12.3. The zero-order chi connectivity index (χ0) is 32.2. The predicted octanol–water partition coefficient (Wildman–Crippen LogP) is 6.71. The number of hydrogen-bond acceptors (Lipinski definition) is 5. The number of nitrogens with zero attached hydrogens (tertiary/aromatic N) is 3. The number of halogens is 7. The molecule has 2 N–H and O–H groups in total. The Morgan fingerprint density at radius 3 is 2.09 bits per heavy atom. The first-order valence-electron chi connectivity index (χ1n) is 14.3. The topological polar surface area (TPSA) is 76.1 Å². The number of piperidine rings is 1. The molecule has 0 spiro atoms. The van der Waals surface area contributed by atoms with Gasteiger partial charge < -0.3 is 20.2 Å². The van der Waals surface area contributed by atoms with Gasteiger partial charge in [-0.25, -0.2) is 0 Å². The Morgan fingerprint density at radius 1 is 0.932 bits per heavy atom. The number of benzene rings is 2. The Bertz CT molecular complexity index is 1420. The van der Waals surface area contributed by atoms with Gasteiger partial charge in [-0.1, -0.05) is 60.3 Å². The average Bonchev–Trinajstić information content (AvgIpc) is 3.29. The molecule has 3 aliphatic rings. The SMILES string of the molecule is CC1(C)CCN(C(=O)c2c(Cl)cc(NC3CN(C4CCN(C(=O)[C@](O)(c5cc(Cl)ccc5Cl)C(F)(F)F)CC4)C3)cc2Cl)C1. The first-order chi connectivity index (χ1) is 20.5. The molecule has 44 heavy (non-hydrogen) atoms. The number of hydrogen-bond donors (Lipinski definition) is 2. The molecule has 240 valence electrons. The van der Waals surface area contributed by atoms with Gasteiger partial charge in [0.05, 0.1) is 21.7 Å². The molecular weight excluding hydrogens is 663 g/mol. The molecule has 2 aromatic carbocycles. The molecule has 14 heteroatoms. The Balaban J connectivity index is 1.16. The normalized spacial score (nSPS) is 21.2. The largest absolute Gasteiger partial charge is 0.430 e. The zero-order valence-electron chi connectivity index (χ0n) is 24.2. The minimum atomic E-state index is -5.31. The molecule has 0 aromatic heterocycles. The van der Waals surface area contributed by atoms with Crippen molar-refractivity contribution in [2.45, 2.75) is 57.0 Å². The smallest absolute Gasteiger partial charge is 0.380 e. The molecule has 3 aliphatic heterocycles. The number of anilines is 1. The van der Waals surface area contributed by atoms with E-state index < -0.39 is 28.3 Å². The molecule has 5 rings (SSSR count).